The lowest BCUT2D eigenvalue weighted by atomic mass is 10.1. The number of rotatable bonds is 3. The summed E-state index contributed by atoms with van der Waals surface area (Å²) in [7, 11) is 1.82. The van der Waals surface area contributed by atoms with Crippen LogP contribution in [-0.4, -0.2) is 9.78 Å². The van der Waals surface area contributed by atoms with Gasteiger partial charge in [0, 0.05) is 18.7 Å². The van der Waals surface area contributed by atoms with E-state index in [1.807, 2.05) is 38.3 Å². The molecule has 74 valence electrons. The molecule has 2 N–H and O–H groups in total. The van der Waals surface area contributed by atoms with E-state index < -0.39 is 0 Å². The molecule has 1 aromatic heterocycles. The second-order valence-corrected chi connectivity index (χ2v) is 2.94. The predicted octanol–water partition coefficient (Wildman–Crippen LogP) is 2.15. The Balaban J connectivity index is 3.11. The maximum Gasteiger partial charge on any atom is 0.121 e. The SMILES string of the molecule is C=C/C=C(\C=C/C)c1cc(N)n(C)n1. The van der Waals surface area contributed by atoms with Crippen molar-refractivity contribution < 1.29 is 0 Å². The van der Waals surface area contributed by atoms with Gasteiger partial charge in [-0.2, -0.15) is 5.10 Å². The molecule has 0 spiro atoms. The maximum absolute atomic E-state index is 5.69. The Morgan fingerprint density at radius 3 is 2.79 bits per heavy atom. The van der Waals surface area contributed by atoms with E-state index in [1.54, 1.807) is 10.8 Å². The number of anilines is 1. The van der Waals surface area contributed by atoms with Crippen molar-refractivity contribution in [1.82, 2.24) is 9.78 Å². The Morgan fingerprint density at radius 2 is 2.36 bits per heavy atom. The number of nitrogens with two attached hydrogens (primary N) is 1. The van der Waals surface area contributed by atoms with E-state index in [-0.39, 0.29) is 0 Å². The van der Waals surface area contributed by atoms with Crippen LogP contribution in [-0.2, 0) is 7.05 Å². The van der Waals surface area contributed by atoms with Crippen molar-refractivity contribution in [2.24, 2.45) is 7.05 Å². The van der Waals surface area contributed by atoms with Gasteiger partial charge in [-0.3, -0.25) is 4.68 Å². The summed E-state index contributed by atoms with van der Waals surface area (Å²) in [5.74, 6) is 0.652. The van der Waals surface area contributed by atoms with Crippen molar-refractivity contribution in [1.29, 1.82) is 0 Å². The highest BCUT2D eigenvalue weighted by Gasteiger charge is 2.03. The highest BCUT2D eigenvalue weighted by atomic mass is 15.3. The van der Waals surface area contributed by atoms with E-state index in [9.17, 15) is 0 Å². The smallest absolute Gasteiger partial charge is 0.121 e. The molecule has 0 radical (unpaired) electrons. The van der Waals surface area contributed by atoms with Crippen LogP contribution in [0.25, 0.3) is 5.57 Å². The van der Waals surface area contributed by atoms with E-state index in [1.165, 1.54) is 0 Å². The normalized spacial score (nSPS) is 12.3. The van der Waals surface area contributed by atoms with Crippen molar-refractivity contribution in [3.8, 4) is 0 Å². The molecule has 0 atom stereocenters. The van der Waals surface area contributed by atoms with E-state index in [2.05, 4.69) is 11.7 Å². The van der Waals surface area contributed by atoms with Crippen LogP contribution in [0.15, 0.2) is 36.9 Å². The highest BCUT2D eigenvalue weighted by molar-refractivity contribution is 5.73. The van der Waals surface area contributed by atoms with Gasteiger partial charge in [0.1, 0.15) is 5.82 Å². The Hall–Kier alpha value is -1.77. The van der Waals surface area contributed by atoms with Gasteiger partial charge in [0.05, 0.1) is 5.69 Å². The first-order valence-electron chi connectivity index (χ1n) is 4.44. The van der Waals surface area contributed by atoms with Crippen LogP contribution in [0, 0.1) is 0 Å². The van der Waals surface area contributed by atoms with Gasteiger partial charge >= 0.3 is 0 Å². The number of aryl methyl sites for hydroxylation is 1. The fourth-order valence-electron chi connectivity index (χ4n) is 1.16. The molecule has 0 fully saturated rings. The minimum absolute atomic E-state index is 0.652. The van der Waals surface area contributed by atoms with Crippen molar-refractivity contribution in [2.45, 2.75) is 6.92 Å². The molecule has 0 bridgehead atoms. The Kier molecular flexibility index (Phi) is 3.29. The molecule has 0 aliphatic rings. The first kappa shape index (κ1) is 10.3. The third-order valence-corrected chi connectivity index (χ3v) is 1.86. The molecule has 0 saturated carbocycles. The Morgan fingerprint density at radius 1 is 1.64 bits per heavy atom. The van der Waals surface area contributed by atoms with Crippen LogP contribution in [0.5, 0.6) is 0 Å². The quantitative estimate of drug-likeness (QED) is 0.740. The summed E-state index contributed by atoms with van der Waals surface area (Å²) in [5.41, 5.74) is 7.57. The molecule has 0 unspecified atom stereocenters. The van der Waals surface area contributed by atoms with Crippen LogP contribution < -0.4 is 5.73 Å². The van der Waals surface area contributed by atoms with Gasteiger partial charge in [0.25, 0.3) is 0 Å². The molecule has 3 nitrogen and oxygen atoms in total. The van der Waals surface area contributed by atoms with Gasteiger partial charge in [-0.25, -0.2) is 0 Å². The highest BCUT2D eigenvalue weighted by Crippen LogP contribution is 2.16. The molecule has 3 heteroatoms. The Labute approximate surface area is 84.2 Å². The molecule has 0 aliphatic carbocycles. The molecule has 0 aliphatic heterocycles. The van der Waals surface area contributed by atoms with Gasteiger partial charge in [0.15, 0.2) is 0 Å². The monoisotopic (exact) mass is 189 g/mol. The average Bonchev–Trinajstić information content (AvgIpc) is 2.47. The zero-order valence-electron chi connectivity index (χ0n) is 8.57. The van der Waals surface area contributed by atoms with Crippen LogP contribution in [0.4, 0.5) is 5.82 Å². The molecular weight excluding hydrogens is 174 g/mol. The summed E-state index contributed by atoms with van der Waals surface area (Å²) in [6, 6.07) is 1.84. The number of nitrogens with zero attached hydrogens (tertiary/aromatic N) is 2. The lowest BCUT2D eigenvalue weighted by Gasteiger charge is -1.94. The molecule has 1 rings (SSSR count). The number of nitrogen functional groups attached to an aromatic ring is 1. The van der Waals surface area contributed by atoms with Crippen molar-refractivity contribution in [2.75, 3.05) is 5.73 Å². The molecule has 0 amide bonds. The molecule has 1 heterocycles. The number of aromatic nitrogens is 2. The fraction of sp³-hybridized carbons (Fsp3) is 0.182. The van der Waals surface area contributed by atoms with Crippen LogP contribution in [0.3, 0.4) is 0 Å². The average molecular weight is 189 g/mol. The second kappa shape index (κ2) is 4.46. The summed E-state index contributed by atoms with van der Waals surface area (Å²) in [4.78, 5) is 0. The van der Waals surface area contributed by atoms with Crippen molar-refractivity contribution in [3.63, 3.8) is 0 Å². The van der Waals surface area contributed by atoms with E-state index in [4.69, 9.17) is 5.73 Å². The predicted molar refractivity (Wildman–Crippen MR) is 60.6 cm³/mol. The first-order valence-corrected chi connectivity index (χ1v) is 4.44. The van der Waals surface area contributed by atoms with Crippen LogP contribution >= 0.6 is 0 Å². The fourth-order valence-corrected chi connectivity index (χ4v) is 1.16. The second-order valence-electron chi connectivity index (χ2n) is 2.94. The molecule has 0 aromatic carbocycles. The summed E-state index contributed by atoms with van der Waals surface area (Å²) in [6.07, 6.45) is 7.58. The first-order chi connectivity index (χ1) is 6.69. The maximum atomic E-state index is 5.69. The van der Waals surface area contributed by atoms with Crippen molar-refractivity contribution in [3.05, 3.63) is 42.6 Å². The zero-order chi connectivity index (χ0) is 10.6. The van der Waals surface area contributed by atoms with Gasteiger partial charge < -0.3 is 5.73 Å². The van der Waals surface area contributed by atoms with E-state index >= 15 is 0 Å². The number of hydrogen-bond donors (Lipinski definition) is 1. The number of allylic oxidation sites excluding steroid dienone is 5. The van der Waals surface area contributed by atoms with Crippen LogP contribution in [0.1, 0.15) is 12.6 Å². The van der Waals surface area contributed by atoms with Crippen molar-refractivity contribution >= 4 is 11.4 Å². The van der Waals surface area contributed by atoms with Crippen LogP contribution in [0.2, 0.25) is 0 Å². The lowest BCUT2D eigenvalue weighted by molar-refractivity contribution is 0.774. The molecular formula is C11H15N3. The standard InChI is InChI=1S/C11H15N3/c1-4-6-9(7-5-2)10-8-11(12)14(3)13-10/h4-8H,1,12H2,2-3H3/b7-5-,9-6+. The zero-order valence-corrected chi connectivity index (χ0v) is 8.57. The third-order valence-electron chi connectivity index (χ3n) is 1.86. The topological polar surface area (TPSA) is 43.8 Å². The van der Waals surface area contributed by atoms with E-state index in [0.29, 0.717) is 5.82 Å². The number of hydrogen-bond acceptors (Lipinski definition) is 2. The Bertz CT molecular complexity index is 364. The minimum atomic E-state index is 0.652. The third kappa shape index (κ3) is 2.13. The summed E-state index contributed by atoms with van der Waals surface area (Å²) >= 11 is 0. The summed E-state index contributed by atoms with van der Waals surface area (Å²) in [5, 5.41) is 4.27. The lowest BCUT2D eigenvalue weighted by Crippen LogP contribution is -1.96. The molecule has 14 heavy (non-hydrogen) atoms. The minimum Gasteiger partial charge on any atom is -0.384 e. The molecule has 0 saturated heterocycles. The van der Waals surface area contributed by atoms with Gasteiger partial charge in [0.2, 0.25) is 0 Å². The largest absolute Gasteiger partial charge is 0.384 e. The molecule has 1 aromatic rings. The van der Waals surface area contributed by atoms with Gasteiger partial charge in [-0.15, -0.1) is 0 Å². The van der Waals surface area contributed by atoms with E-state index in [0.717, 1.165) is 11.3 Å². The van der Waals surface area contributed by atoms with Gasteiger partial charge in [-0.1, -0.05) is 30.9 Å². The summed E-state index contributed by atoms with van der Waals surface area (Å²) in [6.45, 7) is 5.62. The van der Waals surface area contributed by atoms with Gasteiger partial charge in [-0.05, 0) is 6.92 Å². The summed E-state index contributed by atoms with van der Waals surface area (Å²) < 4.78 is 1.65.